The minimum atomic E-state index is -0.256. The zero-order chi connectivity index (χ0) is 16.9. The fourth-order valence-electron chi connectivity index (χ4n) is 2.32. The molecule has 0 aliphatic heterocycles. The Kier molecular flexibility index (Phi) is 4.56. The molecule has 1 amide bonds. The smallest absolute Gasteiger partial charge is 0.251 e. The van der Waals surface area contributed by atoms with Crippen molar-refractivity contribution in [3.8, 4) is 0 Å². The number of rotatable bonds is 5. The first-order valence-electron chi connectivity index (χ1n) is 7.62. The van der Waals surface area contributed by atoms with Crippen LogP contribution < -0.4 is 10.9 Å². The third kappa shape index (κ3) is 3.78. The Morgan fingerprint density at radius 1 is 1.12 bits per heavy atom. The molecule has 122 valence electrons. The van der Waals surface area contributed by atoms with Crippen LogP contribution in [0, 0.1) is 0 Å². The van der Waals surface area contributed by atoms with Gasteiger partial charge in [-0.25, -0.2) is 0 Å². The van der Waals surface area contributed by atoms with Crippen LogP contribution >= 0.6 is 0 Å². The lowest BCUT2D eigenvalue weighted by molar-refractivity contribution is 0.0950. The molecule has 0 unspecified atom stereocenters. The zero-order valence-electron chi connectivity index (χ0n) is 13.3. The number of amides is 1. The standard InChI is InChI=1S/C18H18N4O2/c1-21-10-7-16(11-17(21)23)18(24)19-12-14-3-5-15(6-4-14)13-22-9-2-8-20-22/h2-11H,12-13H2,1H3,(H,19,24). The average molecular weight is 322 g/mol. The van der Waals surface area contributed by atoms with E-state index in [1.54, 1.807) is 25.5 Å². The summed E-state index contributed by atoms with van der Waals surface area (Å²) in [7, 11) is 1.65. The molecule has 0 spiro atoms. The number of aromatic nitrogens is 3. The summed E-state index contributed by atoms with van der Waals surface area (Å²) < 4.78 is 3.28. The summed E-state index contributed by atoms with van der Waals surface area (Å²) in [5.41, 5.74) is 2.30. The number of hydrogen-bond acceptors (Lipinski definition) is 3. The van der Waals surface area contributed by atoms with Gasteiger partial charge in [-0.1, -0.05) is 24.3 Å². The first-order valence-corrected chi connectivity index (χ1v) is 7.62. The lowest BCUT2D eigenvalue weighted by Crippen LogP contribution is -2.25. The molecular formula is C18H18N4O2. The SMILES string of the molecule is Cn1ccc(C(=O)NCc2ccc(Cn3cccn3)cc2)cc1=O. The van der Waals surface area contributed by atoms with Crippen LogP contribution in [-0.4, -0.2) is 20.3 Å². The molecule has 2 heterocycles. The first-order chi connectivity index (χ1) is 11.6. The van der Waals surface area contributed by atoms with Crippen LogP contribution in [0.3, 0.4) is 0 Å². The van der Waals surface area contributed by atoms with Gasteiger partial charge in [0.15, 0.2) is 0 Å². The van der Waals surface area contributed by atoms with Gasteiger partial charge in [-0.2, -0.15) is 5.10 Å². The lowest BCUT2D eigenvalue weighted by atomic mass is 10.1. The molecule has 0 atom stereocenters. The van der Waals surface area contributed by atoms with E-state index in [2.05, 4.69) is 10.4 Å². The second-order valence-corrected chi connectivity index (χ2v) is 5.57. The van der Waals surface area contributed by atoms with E-state index < -0.39 is 0 Å². The normalized spacial score (nSPS) is 10.5. The van der Waals surface area contributed by atoms with Crippen molar-refractivity contribution in [2.45, 2.75) is 13.1 Å². The van der Waals surface area contributed by atoms with E-state index in [1.807, 2.05) is 41.2 Å². The Morgan fingerprint density at radius 3 is 2.54 bits per heavy atom. The summed E-state index contributed by atoms with van der Waals surface area (Å²) in [6.45, 7) is 1.13. The highest BCUT2D eigenvalue weighted by Crippen LogP contribution is 2.06. The predicted molar refractivity (Wildman–Crippen MR) is 90.6 cm³/mol. The number of nitrogens with zero attached hydrogens (tertiary/aromatic N) is 3. The van der Waals surface area contributed by atoms with Crippen LogP contribution in [0.2, 0.25) is 0 Å². The van der Waals surface area contributed by atoms with Gasteiger partial charge in [0.25, 0.3) is 11.5 Å². The van der Waals surface area contributed by atoms with Crippen LogP contribution in [0.5, 0.6) is 0 Å². The summed E-state index contributed by atoms with van der Waals surface area (Å²) in [6.07, 6.45) is 5.25. The minimum absolute atomic E-state index is 0.203. The molecule has 1 N–H and O–H groups in total. The summed E-state index contributed by atoms with van der Waals surface area (Å²) in [4.78, 5) is 23.7. The molecule has 1 aromatic carbocycles. The van der Waals surface area contributed by atoms with Gasteiger partial charge in [-0.3, -0.25) is 14.3 Å². The Hall–Kier alpha value is -3.15. The topological polar surface area (TPSA) is 68.9 Å². The molecule has 0 aliphatic carbocycles. The predicted octanol–water partition coefficient (Wildman–Crippen LogP) is 1.56. The van der Waals surface area contributed by atoms with Crippen LogP contribution in [0.4, 0.5) is 0 Å². The largest absolute Gasteiger partial charge is 0.348 e. The summed E-state index contributed by atoms with van der Waals surface area (Å²) in [5.74, 6) is -0.256. The van der Waals surface area contributed by atoms with Gasteiger partial charge in [0.1, 0.15) is 0 Å². The van der Waals surface area contributed by atoms with Gasteiger partial charge in [-0.15, -0.1) is 0 Å². The van der Waals surface area contributed by atoms with Gasteiger partial charge >= 0.3 is 0 Å². The number of hydrogen-bond donors (Lipinski definition) is 1. The second kappa shape index (κ2) is 6.95. The summed E-state index contributed by atoms with van der Waals surface area (Å²) in [6, 6.07) is 12.8. The van der Waals surface area contributed by atoms with E-state index in [0.29, 0.717) is 18.7 Å². The number of carbonyl (C=O) groups excluding carboxylic acids is 1. The number of nitrogens with one attached hydrogen (secondary N) is 1. The van der Waals surface area contributed by atoms with E-state index in [4.69, 9.17) is 0 Å². The van der Waals surface area contributed by atoms with E-state index >= 15 is 0 Å². The highest BCUT2D eigenvalue weighted by molar-refractivity contribution is 5.93. The fourth-order valence-corrected chi connectivity index (χ4v) is 2.32. The molecule has 0 saturated heterocycles. The number of benzene rings is 1. The van der Waals surface area contributed by atoms with E-state index in [1.165, 1.54) is 10.6 Å². The second-order valence-electron chi connectivity index (χ2n) is 5.57. The molecule has 2 aromatic heterocycles. The molecule has 3 aromatic rings. The number of carbonyl (C=O) groups is 1. The molecule has 0 aliphatic rings. The third-order valence-corrected chi connectivity index (χ3v) is 3.75. The molecule has 0 fully saturated rings. The Bertz CT molecular complexity index is 880. The first kappa shape index (κ1) is 15.7. The highest BCUT2D eigenvalue weighted by atomic mass is 16.2. The van der Waals surface area contributed by atoms with Crippen LogP contribution in [0.25, 0.3) is 0 Å². The van der Waals surface area contributed by atoms with Crippen LogP contribution in [0.1, 0.15) is 21.5 Å². The maximum absolute atomic E-state index is 12.1. The molecule has 6 heteroatoms. The van der Waals surface area contributed by atoms with Crippen LogP contribution in [0.15, 0.2) is 65.8 Å². The van der Waals surface area contributed by atoms with E-state index in [-0.39, 0.29) is 11.5 Å². The summed E-state index contributed by atoms with van der Waals surface area (Å²) in [5, 5.41) is 7.00. The molecule has 3 rings (SSSR count). The third-order valence-electron chi connectivity index (χ3n) is 3.75. The van der Waals surface area contributed by atoms with Crippen molar-refractivity contribution in [1.82, 2.24) is 19.7 Å². The molecule has 24 heavy (non-hydrogen) atoms. The van der Waals surface area contributed by atoms with Gasteiger partial charge in [0, 0.05) is 43.8 Å². The van der Waals surface area contributed by atoms with Crippen molar-refractivity contribution in [2.24, 2.45) is 7.05 Å². The van der Waals surface area contributed by atoms with Gasteiger partial charge in [0.05, 0.1) is 6.54 Å². The number of aryl methyl sites for hydroxylation is 1. The number of pyridine rings is 1. The van der Waals surface area contributed by atoms with Gasteiger partial charge < -0.3 is 9.88 Å². The van der Waals surface area contributed by atoms with Crippen LogP contribution in [-0.2, 0) is 20.1 Å². The highest BCUT2D eigenvalue weighted by Gasteiger charge is 2.06. The van der Waals surface area contributed by atoms with Crippen molar-refractivity contribution in [3.05, 3.63) is 88.1 Å². The van der Waals surface area contributed by atoms with Gasteiger partial charge in [-0.05, 0) is 23.3 Å². The Morgan fingerprint density at radius 2 is 1.88 bits per heavy atom. The van der Waals surface area contributed by atoms with Crippen molar-refractivity contribution in [2.75, 3.05) is 0 Å². The maximum Gasteiger partial charge on any atom is 0.251 e. The van der Waals surface area contributed by atoms with E-state index in [0.717, 1.165) is 11.1 Å². The van der Waals surface area contributed by atoms with Gasteiger partial charge in [0.2, 0.25) is 0 Å². The molecule has 0 bridgehead atoms. The minimum Gasteiger partial charge on any atom is -0.348 e. The molecule has 6 nitrogen and oxygen atoms in total. The van der Waals surface area contributed by atoms with Crippen molar-refractivity contribution < 1.29 is 4.79 Å². The quantitative estimate of drug-likeness (QED) is 0.775. The van der Waals surface area contributed by atoms with Crippen molar-refractivity contribution in [1.29, 1.82) is 0 Å². The molecule has 0 radical (unpaired) electrons. The molecule has 0 saturated carbocycles. The average Bonchev–Trinajstić information content (AvgIpc) is 3.09. The maximum atomic E-state index is 12.1. The lowest BCUT2D eigenvalue weighted by Gasteiger charge is -2.07. The fraction of sp³-hybridized carbons (Fsp3) is 0.167. The van der Waals surface area contributed by atoms with Crippen molar-refractivity contribution >= 4 is 5.91 Å². The summed E-state index contributed by atoms with van der Waals surface area (Å²) >= 11 is 0. The monoisotopic (exact) mass is 322 g/mol. The zero-order valence-corrected chi connectivity index (χ0v) is 13.3. The Balaban J connectivity index is 1.59. The van der Waals surface area contributed by atoms with E-state index in [9.17, 15) is 9.59 Å². The Labute approximate surface area is 139 Å². The van der Waals surface area contributed by atoms with Crippen molar-refractivity contribution in [3.63, 3.8) is 0 Å². The molecular weight excluding hydrogens is 304 g/mol.